The summed E-state index contributed by atoms with van der Waals surface area (Å²) < 4.78 is 1.74. The van der Waals surface area contributed by atoms with Crippen molar-refractivity contribution in [2.24, 2.45) is 7.05 Å². The highest BCUT2D eigenvalue weighted by molar-refractivity contribution is 5.93. The van der Waals surface area contributed by atoms with Gasteiger partial charge >= 0.3 is 0 Å². The number of aromatic nitrogens is 3. The van der Waals surface area contributed by atoms with Crippen LogP contribution < -0.4 is 5.32 Å². The Morgan fingerprint density at radius 2 is 2.08 bits per heavy atom. The van der Waals surface area contributed by atoms with Crippen LogP contribution in [-0.4, -0.2) is 44.7 Å². The highest BCUT2D eigenvalue weighted by atomic mass is 16.2. The van der Waals surface area contributed by atoms with Gasteiger partial charge in [0.15, 0.2) is 5.65 Å². The number of fused-ring (bicyclic) bond motifs is 1. The van der Waals surface area contributed by atoms with Crippen LogP contribution >= 0.6 is 0 Å². The van der Waals surface area contributed by atoms with E-state index in [1.54, 1.807) is 17.1 Å². The topological polar surface area (TPSA) is 63.1 Å². The minimum Gasteiger partial charge on any atom is -0.373 e. The molecule has 4 rings (SSSR count). The molecule has 0 radical (unpaired) electrons. The average Bonchev–Trinajstić information content (AvgIpc) is 3.21. The van der Waals surface area contributed by atoms with Crippen LogP contribution in [0.25, 0.3) is 11.0 Å². The molecule has 2 aromatic heterocycles. The van der Waals surface area contributed by atoms with Crippen LogP contribution in [0, 0.1) is 0 Å². The maximum atomic E-state index is 12.7. The van der Waals surface area contributed by atoms with Crippen LogP contribution in [-0.2, 0) is 18.3 Å². The zero-order chi connectivity index (χ0) is 17.9. The molecule has 3 aromatic rings. The first-order chi connectivity index (χ1) is 12.7. The molecule has 1 amide bonds. The van der Waals surface area contributed by atoms with E-state index < -0.39 is 0 Å². The Hall–Kier alpha value is -2.89. The second-order valence-electron chi connectivity index (χ2n) is 6.76. The number of amides is 1. The molecule has 6 heteroatoms. The van der Waals surface area contributed by atoms with E-state index in [1.165, 1.54) is 5.56 Å². The fraction of sp³-hybridized carbons (Fsp3) is 0.350. The predicted molar refractivity (Wildman–Crippen MR) is 102 cm³/mol. The molecule has 0 aliphatic carbocycles. The molecule has 26 heavy (non-hydrogen) atoms. The van der Waals surface area contributed by atoms with E-state index in [-0.39, 0.29) is 11.9 Å². The summed E-state index contributed by atoms with van der Waals surface area (Å²) in [5.74, 6) is 0.187. The van der Waals surface area contributed by atoms with Crippen LogP contribution in [0.2, 0.25) is 0 Å². The van der Waals surface area contributed by atoms with E-state index >= 15 is 0 Å². The summed E-state index contributed by atoms with van der Waals surface area (Å²) in [6.45, 7) is 1.62. The molecule has 134 valence electrons. The van der Waals surface area contributed by atoms with Crippen LogP contribution in [0.1, 0.15) is 18.4 Å². The quantitative estimate of drug-likeness (QED) is 0.743. The van der Waals surface area contributed by atoms with Crippen molar-refractivity contribution in [2.45, 2.75) is 25.3 Å². The zero-order valence-corrected chi connectivity index (χ0v) is 14.9. The van der Waals surface area contributed by atoms with Crippen molar-refractivity contribution in [1.82, 2.24) is 19.7 Å². The Morgan fingerprint density at radius 3 is 2.92 bits per heavy atom. The molecule has 1 aliphatic rings. The van der Waals surface area contributed by atoms with E-state index in [1.807, 2.05) is 24.1 Å². The van der Waals surface area contributed by atoms with E-state index in [2.05, 4.69) is 39.7 Å². The molecule has 0 unspecified atom stereocenters. The molecule has 1 fully saturated rings. The van der Waals surface area contributed by atoms with E-state index in [0.29, 0.717) is 0 Å². The Morgan fingerprint density at radius 1 is 1.23 bits per heavy atom. The summed E-state index contributed by atoms with van der Waals surface area (Å²) in [5.41, 5.74) is 3.07. The third-order valence-corrected chi connectivity index (χ3v) is 5.00. The summed E-state index contributed by atoms with van der Waals surface area (Å²) in [7, 11) is 1.87. The van der Waals surface area contributed by atoms with Gasteiger partial charge in [-0.05, 0) is 30.9 Å². The van der Waals surface area contributed by atoms with Crippen molar-refractivity contribution in [3.05, 3.63) is 54.4 Å². The maximum Gasteiger partial charge on any atom is 0.245 e. The number of likely N-dealkylation sites (tertiary alicyclic amines) is 1. The van der Waals surface area contributed by atoms with E-state index in [9.17, 15) is 4.79 Å². The lowest BCUT2D eigenvalue weighted by molar-refractivity contribution is -0.128. The molecule has 1 aliphatic heterocycles. The van der Waals surface area contributed by atoms with E-state index in [4.69, 9.17) is 0 Å². The van der Waals surface area contributed by atoms with Crippen LogP contribution in [0.4, 0.5) is 5.69 Å². The predicted octanol–water partition coefficient (Wildman–Crippen LogP) is 2.61. The third kappa shape index (κ3) is 3.27. The summed E-state index contributed by atoms with van der Waals surface area (Å²) in [6.07, 6.45) is 6.37. The van der Waals surface area contributed by atoms with Gasteiger partial charge in [-0.3, -0.25) is 9.48 Å². The van der Waals surface area contributed by atoms with Crippen LogP contribution in [0.3, 0.4) is 0 Å². The number of nitrogens with zero attached hydrogens (tertiary/aromatic N) is 4. The largest absolute Gasteiger partial charge is 0.373 e. The zero-order valence-electron chi connectivity index (χ0n) is 14.9. The number of nitrogens with one attached hydrogen (secondary N) is 1. The highest BCUT2D eigenvalue weighted by Crippen LogP contribution is 2.24. The number of carbonyl (C=O) groups is 1. The van der Waals surface area contributed by atoms with Crippen molar-refractivity contribution >= 4 is 22.6 Å². The van der Waals surface area contributed by atoms with Gasteiger partial charge in [-0.25, -0.2) is 4.98 Å². The number of pyridine rings is 1. The summed E-state index contributed by atoms with van der Waals surface area (Å²) in [4.78, 5) is 19.0. The molecule has 0 spiro atoms. The summed E-state index contributed by atoms with van der Waals surface area (Å²) >= 11 is 0. The first kappa shape index (κ1) is 16.6. The maximum absolute atomic E-state index is 12.7. The molecular formula is C20H23N5O. The Balaban J connectivity index is 1.36. The number of rotatable bonds is 6. The molecule has 1 aromatic carbocycles. The number of benzene rings is 1. The number of hydrogen-bond donors (Lipinski definition) is 1. The molecule has 0 bridgehead atoms. The standard InChI is InChI=1S/C20H23N5O/c1-24-19-16(14-22-24)17(9-11-21-19)23-18-10-13-25(20(18)26)12-5-8-15-6-3-2-4-7-15/h2-4,6-7,9,11,14,18H,5,8,10,12-13H2,1H3,(H,21,23)/t18-/m0/s1. The Labute approximate surface area is 152 Å². The van der Waals surface area contributed by atoms with Crippen molar-refractivity contribution in [1.29, 1.82) is 0 Å². The second-order valence-corrected chi connectivity index (χ2v) is 6.76. The molecule has 1 atom stereocenters. The number of carbonyl (C=O) groups excluding carboxylic acids is 1. The lowest BCUT2D eigenvalue weighted by Gasteiger charge is -2.18. The number of anilines is 1. The molecule has 0 saturated carbocycles. The average molecular weight is 349 g/mol. The third-order valence-electron chi connectivity index (χ3n) is 5.00. The number of aryl methyl sites for hydroxylation is 2. The second kappa shape index (κ2) is 7.15. The van der Waals surface area contributed by atoms with Crippen LogP contribution in [0.15, 0.2) is 48.8 Å². The van der Waals surface area contributed by atoms with Gasteiger partial charge < -0.3 is 10.2 Å². The molecule has 1 N–H and O–H groups in total. The fourth-order valence-corrected chi connectivity index (χ4v) is 3.57. The van der Waals surface area contributed by atoms with Crippen molar-refractivity contribution in [2.75, 3.05) is 18.4 Å². The first-order valence-electron chi connectivity index (χ1n) is 9.08. The van der Waals surface area contributed by atoms with Crippen molar-refractivity contribution in [3.63, 3.8) is 0 Å². The normalized spacial score (nSPS) is 17.2. The molecule has 6 nitrogen and oxygen atoms in total. The SMILES string of the molecule is Cn1ncc2c(N[C@H]3CCN(CCCc4ccccc4)C3=O)ccnc21. The highest BCUT2D eigenvalue weighted by Gasteiger charge is 2.31. The van der Waals surface area contributed by atoms with Gasteiger partial charge in [0.2, 0.25) is 5.91 Å². The molecular weight excluding hydrogens is 326 g/mol. The van der Waals surface area contributed by atoms with E-state index in [0.717, 1.165) is 49.1 Å². The monoisotopic (exact) mass is 349 g/mol. The lowest BCUT2D eigenvalue weighted by atomic mass is 10.1. The van der Waals surface area contributed by atoms with Gasteiger partial charge in [-0.1, -0.05) is 30.3 Å². The smallest absolute Gasteiger partial charge is 0.245 e. The van der Waals surface area contributed by atoms with Gasteiger partial charge in [0.05, 0.1) is 11.6 Å². The van der Waals surface area contributed by atoms with Gasteiger partial charge in [0, 0.05) is 32.0 Å². The fourth-order valence-electron chi connectivity index (χ4n) is 3.57. The molecule has 3 heterocycles. The summed E-state index contributed by atoms with van der Waals surface area (Å²) in [6, 6.07) is 12.2. The minimum absolute atomic E-state index is 0.169. The lowest BCUT2D eigenvalue weighted by Crippen LogP contribution is -2.34. The minimum atomic E-state index is -0.169. The van der Waals surface area contributed by atoms with Gasteiger partial charge in [-0.15, -0.1) is 0 Å². The van der Waals surface area contributed by atoms with Gasteiger partial charge in [0.1, 0.15) is 6.04 Å². The Bertz CT molecular complexity index is 905. The van der Waals surface area contributed by atoms with Crippen molar-refractivity contribution in [3.8, 4) is 0 Å². The summed E-state index contributed by atoms with van der Waals surface area (Å²) in [5, 5.41) is 8.60. The first-order valence-corrected chi connectivity index (χ1v) is 9.08. The van der Waals surface area contributed by atoms with Gasteiger partial charge in [-0.2, -0.15) is 5.10 Å². The number of hydrogen-bond acceptors (Lipinski definition) is 4. The Kier molecular flexibility index (Phi) is 4.56. The van der Waals surface area contributed by atoms with Crippen molar-refractivity contribution < 1.29 is 4.79 Å². The molecule has 1 saturated heterocycles. The van der Waals surface area contributed by atoms with Gasteiger partial charge in [0.25, 0.3) is 0 Å². The van der Waals surface area contributed by atoms with Crippen LogP contribution in [0.5, 0.6) is 0 Å².